The van der Waals surface area contributed by atoms with E-state index in [1.54, 1.807) is 0 Å². The van der Waals surface area contributed by atoms with Gasteiger partial charge >= 0.3 is 0 Å². The highest BCUT2D eigenvalue weighted by Crippen LogP contribution is 2.25. The largest absolute Gasteiger partial charge is 0.380 e. The van der Waals surface area contributed by atoms with Crippen molar-refractivity contribution in [3.05, 3.63) is 35.7 Å². The molecule has 0 saturated heterocycles. The second-order valence-electron chi connectivity index (χ2n) is 4.20. The molecule has 2 rings (SSSR count). The van der Waals surface area contributed by atoms with Gasteiger partial charge in [0, 0.05) is 19.2 Å². The summed E-state index contributed by atoms with van der Waals surface area (Å²) in [5.74, 6) is 0.541. The molecule has 0 amide bonds. The first-order valence-corrected chi connectivity index (χ1v) is 5.06. The van der Waals surface area contributed by atoms with E-state index in [0.29, 0.717) is 5.92 Å². The van der Waals surface area contributed by atoms with E-state index >= 15 is 0 Å². The molecule has 0 aliphatic carbocycles. The lowest BCUT2D eigenvalue weighted by molar-refractivity contribution is 0.847. The molecule has 0 bridgehead atoms. The number of pyridine rings is 1. The molecular weight excluding hydrogens is 172 g/mol. The molecule has 0 unspecified atom stereocenters. The maximum absolute atomic E-state index is 4.47. The van der Waals surface area contributed by atoms with Crippen LogP contribution in [0.5, 0.6) is 0 Å². The first-order valence-electron chi connectivity index (χ1n) is 5.06. The summed E-state index contributed by atoms with van der Waals surface area (Å²) in [5, 5.41) is 3.35. The molecule has 0 aromatic carbocycles. The Kier molecular flexibility index (Phi) is 2.28. The van der Waals surface area contributed by atoms with Crippen LogP contribution in [0.4, 0.5) is 5.69 Å². The van der Waals surface area contributed by atoms with E-state index in [9.17, 15) is 0 Å². The topological polar surface area (TPSA) is 24.9 Å². The second kappa shape index (κ2) is 3.45. The normalized spacial score (nSPS) is 15.2. The van der Waals surface area contributed by atoms with Crippen LogP contribution in [0.15, 0.2) is 24.4 Å². The van der Waals surface area contributed by atoms with Crippen molar-refractivity contribution in [2.24, 2.45) is 0 Å². The number of nitrogens with zero attached hydrogens (tertiary/aromatic N) is 1. The number of nitrogens with one attached hydrogen (secondary N) is 1. The van der Waals surface area contributed by atoms with Gasteiger partial charge in [0.05, 0.1) is 11.4 Å². The molecule has 74 valence electrons. The molecule has 0 spiro atoms. The van der Waals surface area contributed by atoms with E-state index in [2.05, 4.69) is 36.8 Å². The number of fused-ring (bicyclic) bond motifs is 1. The van der Waals surface area contributed by atoms with Crippen LogP contribution in [0.1, 0.15) is 31.0 Å². The minimum Gasteiger partial charge on any atom is -0.380 e. The van der Waals surface area contributed by atoms with Gasteiger partial charge in [-0.05, 0) is 17.5 Å². The maximum atomic E-state index is 4.47. The van der Waals surface area contributed by atoms with E-state index in [1.165, 1.54) is 16.8 Å². The summed E-state index contributed by atoms with van der Waals surface area (Å²) in [6, 6.07) is 2.21. The van der Waals surface area contributed by atoms with Crippen LogP contribution in [-0.4, -0.2) is 11.5 Å². The molecule has 2 nitrogen and oxygen atoms in total. The third-order valence-corrected chi connectivity index (χ3v) is 2.60. The van der Waals surface area contributed by atoms with Gasteiger partial charge in [-0.1, -0.05) is 26.0 Å². The smallest absolute Gasteiger partial charge is 0.0675 e. The Labute approximate surface area is 85.1 Å². The van der Waals surface area contributed by atoms with E-state index in [4.69, 9.17) is 0 Å². The van der Waals surface area contributed by atoms with Crippen LogP contribution in [0.3, 0.4) is 0 Å². The highest BCUT2D eigenvalue weighted by molar-refractivity contribution is 5.54. The fourth-order valence-corrected chi connectivity index (χ4v) is 1.64. The van der Waals surface area contributed by atoms with Crippen molar-refractivity contribution < 1.29 is 0 Å². The van der Waals surface area contributed by atoms with Crippen LogP contribution < -0.4 is 5.32 Å². The number of hydrogen-bond acceptors (Lipinski definition) is 2. The SMILES string of the molecule is C=C1CNc2cc(C(C)C)cnc2C1. The third-order valence-electron chi connectivity index (χ3n) is 2.60. The Morgan fingerprint density at radius 2 is 2.29 bits per heavy atom. The van der Waals surface area contributed by atoms with Gasteiger partial charge in [0.25, 0.3) is 0 Å². The summed E-state index contributed by atoms with van der Waals surface area (Å²) < 4.78 is 0. The summed E-state index contributed by atoms with van der Waals surface area (Å²) in [7, 11) is 0. The van der Waals surface area contributed by atoms with Crippen molar-refractivity contribution in [2.45, 2.75) is 26.2 Å². The monoisotopic (exact) mass is 188 g/mol. The molecule has 14 heavy (non-hydrogen) atoms. The first-order chi connectivity index (χ1) is 6.66. The van der Waals surface area contributed by atoms with E-state index in [-0.39, 0.29) is 0 Å². The van der Waals surface area contributed by atoms with E-state index in [1.807, 2.05) is 6.20 Å². The number of rotatable bonds is 1. The van der Waals surface area contributed by atoms with E-state index in [0.717, 1.165) is 18.7 Å². The highest BCUT2D eigenvalue weighted by Gasteiger charge is 2.13. The van der Waals surface area contributed by atoms with Crippen molar-refractivity contribution in [1.82, 2.24) is 4.98 Å². The molecule has 1 N–H and O–H groups in total. The van der Waals surface area contributed by atoms with Gasteiger partial charge in [0.15, 0.2) is 0 Å². The molecule has 0 radical (unpaired) electrons. The lowest BCUT2D eigenvalue weighted by Gasteiger charge is -2.20. The molecule has 1 aromatic heterocycles. The van der Waals surface area contributed by atoms with Crippen molar-refractivity contribution >= 4 is 5.69 Å². The van der Waals surface area contributed by atoms with Crippen molar-refractivity contribution in [1.29, 1.82) is 0 Å². The maximum Gasteiger partial charge on any atom is 0.0675 e. The average Bonchev–Trinajstić information content (AvgIpc) is 2.16. The number of aromatic nitrogens is 1. The quantitative estimate of drug-likeness (QED) is 0.685. The molecule has 0 saturated carbocycles. The molecule has 2 heterocycles. The predicted molar refractivity (Wildman–Crippen MR) is 59.7 cm³/mol. The zero-order valence-corrected chi connectivity index (χ0v) is 8.80. The van der Waals surface area contributed by atoms with Crippen LogP contribution in [0.25, 0.3) is 0 Å². The van der Waals surface area contributed by atoms with Crippen molar-refractivity contribution in [3.63, 3.8) is 0 Å². The van der Waals surface area contributed by atoms with Crippen LogP contribution in [0, 0.1) is 0 Å². The minimum absolute atomic E-state index is 0.541. The Morgan fingerprint density at radius 1 is 1.50 bits per heavy atom. The van der Waals surface area contributed by atoms with Crippen LogP contribution in [0.2, 0.25) is 0 Å². The molecule has 0 atom stereocenters. The minimum atomic E-state index is 0.541. The predicted octanol–water partition coefficient (Wildman–Crippen LogP) is 2.73. The summed E-state index contributed by atoms with van der Waals surface area (Å²) in [6.45, 7) is 9.22. The zero-order chi connectivity index (χ0) is 10.1. The van der Waals surface area contributed by atoms with Gasteiger partial charge < -0.3 is 5.32 Å². The lowest BCUT2D eigenvalue weighted by Crippen LogP contribution is -2.15. The first kappa shape index (κ1) is 9.25. The lowest BCUT2D eigenvalue weighted by atomic mass is 10.0. The fourth-order valence-electron chi connectivity index (χ4n) is 1.64. The Morgan fingerprint density at radius 3 is 3.00 bits per heavy atom. The zero-order valence-electron chi connectivity index (χ0n) is 8.80. The Balaban J connectivity index is 2.36. The molecule has 0 fully saturated rings. The summed E-state index contributed by atoms with van der Waals surface area (Å²) in [5.41, 5.74) is 4.82. The summed E-state index contributed by atoms with van der Waals surface area (Å²) >= 11 is 0. The standard InChI is InChI=1S/C12H16N2/c1-8(2)10-5-12-11(14-7-10)4-9(3)6-13-12/h5,7-8,13H,3-4,6H2,1-2H3. The molecular formula is C12H16N2. The summed E-state index contributed by atoms with van der Waals surface area (Å²) in [4.78, 5) is 4.47. The second-order valence-corrected chi connectivity index (χ2v) is 4.20. The van der Waals surface area contributed by atoms with Gasteiger partial charge in [-0.15, -0.1) is 0 Å². The fraction of sp³-hybridized carbons (Fsp3) is 0.417. The Hall–Kier alpha value is -1.31. The van der Waals surface area contributed by atoms with Gasteiger partial charge in [-0.25, -0.2) is 0 Å². The Bertz CT molecular complexity index is 367. The van der Waals surface area contributed by atoms with Gasteiger partial charge in [0.1, 0.15) is 0 Å². The molecule has 2 heteroatoms. The molecule has 1 aromatic rings. The van der Waals surface area contributed by atoms with Gasteiger partial charge in [-0.3, -0.25) is 4.98 Å². The van der Waals surface area contributed by atoms with Gasteiger partial charge in [0.2, 0.25) is 0 Å². The van der Waals surface area contributed by atoms with Crippen LogP contribution >= 0.6 is 0 Å². The number of anilines is 1. The van der Waals surface area contributed by atoms with E-state index < -0.39 is 0 Å². The van der Waals surface area contributed by atoms with Crippen molar-refractivity contribution in [3.8, 4) is 0 Å². The molecule has 1 aliphatic heterocycles. The molecule has 1 aliphatic rings. The van der Waals surface area contributed by atoms with Crippen molar-refractivity contribution in [2.75, 3.05) is 11.9 Å². The summed E-state index contributed by atoms with van der Waals surface area (Å²) in [6.07, 6.45) is 2.89. The third kappa shape index (κ3) is 1.65. The van der Waals surface area contributed by atoms with Crippen LogP contribution in [-0.2, 0) is 6.42 Å². The average molecular weight is 188 g/mol. The van der Waals surface area contributed by atoms with Gasteiger partial charge in [-0.2, -0.15) is 0 Å². The number of hydrogen-bond donors (Lipinski definition) is 1. The highest BCUT2D eigenvalue weighted by atomic mass is 14.9.